The largest absolute Gasteiger partial charge is 0.493 e. The molecule has 0 saturated carbocycles. The molecule has 0 aliphatic heterocycles. The second kappa shape index (κ2) is 7.35. The van der Waals surface area contributed by atoms with Gasteiger partial charge >= 0.3 is 0 Å². The van der Waals surface area contributed by atoms with E-state index in [0.717, 1.165) is 16.7 Å². The summed E-state index contributed by atoms with van der Waals surface area (Å²) in [6.07, 6.45) is -0.766. The quantitative estimate of drug-likeness (QED) is 0.713. The van der Waals surface area contributed by atoms with Crippen molar-refractivity contribution >= 4 is 5.69 Å². The van der Waals surface area contributed by atoms with Crippen LogP contribution in [0.3, 0.4) is 0 Å². The van der Waals surface area contributed by atoms with Crippen molar-refractivity contribution in [2.75, 3.05) is 19.5 Å². The lowest BCUT2D eigenvalue weighted by atomic mass is 10.0. The zero-order chi connectivity index (χ0) is 17.0. The summed E-state index contributed by atoms with van der Waals surface area (Å²) in [5.41, 5.74) is 9.93. The number of methoxy groups -OCH3 is 1. The summed E-state index contributed by atoms with van der Waals surface area (Å²) in [6.45, 7) is 3.89. The van der Waals surface area contributed by atoms with E-state index < -0.39 is 6.10 Å². The van der Waals surface area contributed by atoms with Gasteiger partial charge < -0.3 is 25.4 Å². The van der Waals surface area contributed by atoms with Crippen molar-refractivity contribution in [2.45, 2.75) is 26.6 Å². The van der Waals surface area contributed by atoms with Crippen LogP contribution in [0.15, 0.2) is 30.3 Å². The molecule has 0 spiro atoms. The van der Waals surface area contributed by atoms with Gasteiger partial charge in [0.05, 0.1) is 19.4 Å². The van der Waals surface area contributed by atoms with Crippen molar-refractivity contribution in [3.8, 4) is 11.5 Å². The minimum Gasteiger partial charge on any atom is -0.493 e. The first-order valence-electron chi connectivity index (χ1n) is 7.41. The van der Waals surface area contributed by atoms with Crippen LogP contribution in [0.25, 0.3) is 0 Å². The average molecular weight is 317 g/mol. The lowest BCUT2D eigenvalue weighted by Crippen LogP contribution is -2.12. The summed E-state index contributed by atoms with van der Waals surface area (Å²) in [4.78, 5) is 0. The number of rotatable bonds is 6. The maximum atomic E-state index is 10.4. The molecule has 0 aromatic heterocycles. The fraction of sp³-hybridized carbons (Fsp3) is 0.333. The maximum absolute atomic E-state index is 10.4. The summed E-state index contributed by atoms with van der Waals surface area (Å²) >= 11 is 0. The van der Waals surface area contributed by atoms with Crippen molar-refractivity contribution in [3.63, 3.8) is 0 Å². The number of aryl methyl sites for hydroxylation is 2. The Morgan fingerprint density at radius 2 is 1.91 bits per heavy atom. The number of nitrogen functional groups attached to an aromatic ring is 1. The topological polar surface area (TPSA) is 84.9 Å². The van der Waals surface area contributed by atoms with Crippen LogP contribution >= 0.6 is 0 Å². The summed E-state index contributed by atoms with van der Waals surface area (Å²) in [5.74, 6) is 0.801. The Kier molecular flexibility index (Phi) is 5.47. The highest BCUT2D eigenvalue weighted by Crippen LogP contribution is 2.35. The first kappa shape index (κ1) is 17.1. The van der Waals surface area contributed by atoms with E-state index in [1.807, 2.05) is 32.0 Å². The van der Waals surface area contributed by atoms with E-state index in [-0.39, 0.29) is 13.2 Å². The van der Waals surface area contributed by atoms with Crippen molar-refractivity contribution in [1.29, 1.82) is 0 Å². The molecule has 5 heteroatoms. The van der Waals surface area contributed by atoms with Gasteiger partial charge in [0.2, 0.25) is 0 Å². The molecule has 0 aliphatic rings. The van der Waals surface area contributed by atoms with Crippen LogP contribution in [-0.2, 0) is 6.61 Å². The SMILES string of the molecule is COc1cc(CO)cc(N)c1OCC(O)c1ccc(C)cc1C. The van der Waals surface area contributed by atoms with Gasteiger partial charge in [-0.25, -0.2) is 0 Å². The molecule has 0 radical (unpaired) electrons. The number of benzene rings is 2. The Hall–Kier alpha value is -2.24. The Morgan fingerprint density at radius 3 is 2.52 bits per heavy atom. The van der Waals surface area contributed by atoms with E-state index >= 15 is 0 Å². The molecule has 2 aromatic carbocycles. The average Bonchev–Trinajstić information content (AvgIpc) is 2.52. The monoisotopic (exact) mass is 317 g/mol. The van der Waals surface area contributed by atoms with E-state index in [1.54, 1.807) is 12.1 Å². The predicted molar refractivity (Wildman–Crippen MR) is 89.7 cm³/mol. The van der Waals surface area contributed by atoms with E-state index in [2.05, 4.69) is 0 Å². The highest BCUT2D eigenvalue weighted by molar-refractivity contribution is 5.62. The van der Waals surface area contributed by atoms with Crippen molar-refractivity contribution in [1.82, 2.24) is 0 Å². The van der Waals surface area contributed by atoms with E-state index in [9.17, 15) is 10.2 Å². The molecule has 1 atom stereocenters. The number of aliphatic hydroxyl groups is 2. The molecule has 0 aliphatic carbocycles. The van der Waals surface area contributed by atoms with Crippen LogP contribution in [0, 0.1) is 13.8 Å². The fourth-order valence-electron chi connectivity index (χ4n) is 2.53. The van der Waals surface area contributed by atoms with Crippen LogP contribution in [0.1, 0.15) is 28.4 Å². The van der Waals surface area contributed by atoms with E-state index in [0.29, 0.717) is 22.7 Å². The Labute approximate surface area is 136 Å². The highest BCUT2D eigenvalue weighted by atomic mass is 16.5. The third kappa shape index (κ3) is 3.94. The predicted octanol–water partition coefficient (Wildman–Crippen LogP) is 2.50. The molecule has 23 heavy (non-hydrogen) atoms. The molecule has 0 saturated heterocycles. The van der Waals surface area contributed by atoms with Gasteiger partial charge in [-0.2, -0.15) is 0 Å². The molecule has 2 aromatic rings. The van der Waals surface area contributed by atoms with Gasteiger partial charge in [0.25, 0.3) is 0 Å². The number of anilines is 1. The number of aliphatic hydroxyl groups excluding tert-OH is 2. The van der Waals surface area contributed by atoms with Crippen molar-refractivity contribution in [2.24, 2.45) is 0 Å². The van der Waals surface area contributed by atoms with Gasteiger partial charge in [-0.15, -0.1) is 0 Å². The molecule has 0 amide bonds. The van der Waals surface area contributed by atoms with Gasteiger partial charge in [-0.3, -0.25) is 0 Å². The Bertz CT molecular complexity index is 685. The standard InChI is InChI=1S/C18H23NO4/c1-11-4-5-14(12(2)6-11)16(21)10-23-18-15(19)7-13(9-20)8-17(18)22-3/h4-8,16,20-21H,9-10,19H2,1-3H3. The van der Waals surface area contributed by atoms with Crippen LogP contribution in [-0.4, -0.2) is 23.9 Å². The lowest BCUT2D eigenvalue weighted by molar-refractivity contribution is 0.106. The van der Waals surface area contributed by atoms with Crippen LogP contribution < -0.4 is 15.2 Å². The molecule has 0 fully saturated rings. The summed E-state index contributed by atoms with van der Waals surface area (Å²) in [7, 11) is 1.50. The normalized spacial score (nSPS) is 12.0. The van der Waals surface area contributed by atoms with Crippen LogP contribution in [0.2, 0.25) is 0 Å². The third-order valence-electron chi connectivity index (χ3n) is 3.72. The second-order valence-electron chi connectivity index (χ2n) is 5.56. The number of hydrogen-bond acceptors (Lipinski definition) is 5. The first-order chi connectivity index (χ1) is 11.0. The lowest BCUT2D eigenvalue weighted by Gasteiger charge is -2.18. The maximum Gasteiger partial charge on any atom is 0.184 e. The minimum atomic E-state index is -0.766. The summed E-state index contributed by atoms with van der Waals surface area (Å²) < 4.78 is 10.9. The van der Waals surface area contributed by atoms with Crippen molar-refractivity contribution < 1.29 is 19.7 Å². The van der Waals surface area contributed by atoms with Crippen molar-refractivity contribution in [3.05, 3.63) is 52.6 Å². The van der Waals surface area contributed by atoms with Gasteiger partial charge in [0, 0.05) is 0 Å². The zero-order valence-corrected chi connectivity index (χ0v) is 13.7. The van der Waals surface area contributed by atoms with E-state index in [4.69, 9.17) is 15.2 Å². The molecular weight excluding hydrogens is 294 g/mol. The Balaban J connectivity index is 2.17. The van der Waals surface area contributed by atoms with Gasteiger partial charge in [-0.1, -0.05) is 23.8 Å². The smallest absolute Gasteiger partial charge is 0.184 e. The molecule has 2 rings (SSSR count). The highest BCUT2D eigenvalue weighted by Gasteiger charge is 2.16. The molecular formula is C18H23NO4. The molecule has 1 unspecified atom stereocenters. The number of hydrogen-bond donors (Lipinski definition) is 3. The second-order valence-corrected chi connectivity index (χ2v) is 5.56. The first-order valence-corrected chi connectivity index (χ1v) is 7.41. The molecule has 124 valence electrons. The van der Waals surface area contributed by atoms with E-state index in [1.165, 1.54) is 7.11 Å². The van der Waals surface area contributed by atoms with Crippen LogP contribution in [0.5, 0.6) is 11.5 Å². The zero-order valence-electron chi connectivity index (χ0n) is 13.7. The number of ether oxygens (including phenoxy) is 2. The van der Waals surface area contributed by atoms with Gasteiger partial charge in [0.15, 0.2) is 11.5 Å². The molecule has 4 N–H and O–H groups in total. The summed E-state index contributed by atoms with van der Waals surface area (Å²) in [6, 6.07) is 9.16. The summed E-state index contributed by atoms with van der Waals surface area (Å²) in [5, 5.41) is 19.6. The third-order valence-corrected chi connectivity index (χ3v) is 3.72. The minimum absolute atomic E-state index is 0.0585. The molecule has 0 bridgehead atoms. The number of nitrogens with two attached hydrogens (primary N) is 1. The van der Waals surface area contributed by atoms with Gasteiger partial charge in [-0.05, 0) is 42.7 Å². The molecule has 5 nitrogen and oxygen atoms in total. The van der Waals surface area contributed by atoms with Gasteiger partial charge in [0.1, 0.15) is 12.7 Å². The molecule has 0 heterocycles. The fourth-order valence-corrected chi connectivity index (χ4v) is 2.53. The van der Waals surface area contributed by atoms with Crippen LogP contribution in [0.4, 0.5) is 5.69 Å². The Morgan fingerprint density at radius 1 is 1.17 bits per heavy atom.